The highest BCUT2D eigenvalue weighted by atomic mass is 16.5. The molecule has 2 aromatic rings. The van der Waals surface area contributed by atoms with Crippen LogP contribution < -0.4 is 0 Å². The van der Waals surface area contributed by atoms with Crippen LogP contribution >= 0.6 is 0 Å². The van der Waals surface area contributed by atoms with Gasteiger partial charge >= 0.3 is 0 Å². The third kappa shape index (κ3) is 3.02. The molecule has 0 heterocycles. The Labute approximate surface area is 126 Å². The topological polar surface area (TPSA) is 29.5 Å². The molecule has 110 valence electrons. The largest absolute Gasteiger partial charge is 0.385 e. The minimum atomic E-state index is -0.742. The van der Waals surface area contributed by atoms with E-state index < -0.39 is 5.60 Å². The monoisotopic (exact) mass is 282 g/mol. The number of rotatable bonds is 3. The van der Waals surface area contributed by atoms with Gasteiger partial charge in [0.05, 0.1) is 11.7 Å². The first-order chi connectivity index (χ1) is 10.2. The van der Waals surface area contributed by atoms with E-state index in [4.69, 9.17) is 4.74 Å². The number of hydrogen-bond acceptors (Lipinski definition) is 2. The van der Waals surface area contributed by atoms with Gasteiger partial charge in [-0.1, -0.05) is 54.6 Å². The molecule has 21 heavy (non-hydrogen) atoms. The maximum atomic E-state index is 10.9. The molecule has 0 aliphatic heterocycles. The van der Waals surface area contributed by atoms with Crippen LogP contribution in [0.25, 0.3) is 11.1 Å². The van der Waals surface area contributed by atoms with Crippen molar-refractivity contribution in [3.63, 3.8) is 0 Å². The molecule has 3 rings (SSSR count). The summed E-state index contributed by atoms with van der Waals surface area (Å²) < 4.78 is 5.44. The molecule has 0 saturated heterocycles. The molecular formula is C19H22O2. The van der Waals surface area contributed by atoms with Gasteiger partial charge in [-0.05, 0) is 36.0 Å². The number of aliphatic hydroxyl groups is 1. The van der Waals surface area contributed by atoms with E-state index in [9.17, 15) is 5.11 Å². The molecule has 2 unspecified atom stereocenters. The Morgan fingerprint density at radius 1 is 1.00 bits per heavy atom. The highest BCUT2D eigenvalue weighted by Crippen LogP contribution is 2.38. The average Bonchev–Trinajstić information content (AvgIpc) is 2.56. The van der Waals surface area contributed by atoms with Crippen LogP contribution in [0.15, 0.2) is 54.6 Å². The van der Waals surface area contributed by atoms with E-state index in [1.165, 1.54) is 11.1 Å². The van der Waals surface area contributed by atoms with Gasteiger partial charge in [0.15, 0.2) is 0 Å². The lowest BCUT2D eigenvalue weighted by Crippen LogP contribution is -2.35. The van der Waals surface area contributed by atoms with Gasteiger partial charge in [-0.15, -0.1) is 0 Å². The highest BCUT2D eigenvalue weighted by molar-refractivity contribution is 5.63. The predicted octanol–water partition coefficient (Wildman–Crippen LogP) is 4.13. The predicted molar refractivity (Wildman–Crippen MR) is 85.0 cm³/mol. The lowest BCUT2D eigenvalue weighted by atomic mass is 9.78. The first kappa shape index (κ1) is 14.3. The Balaban J connectivity index is 1.83. The van der Waals surface area contributed by atoms with Crippen LogP contribution in [0, 0.1) is 0 Å². The normalized spacial score (nSPS) is 25.7. The minimum Gasteiger partial charge on any atom is -0.385 e. The van der Waals surface area contributed by atoms with Gasteiger partial charge < -0.3 is 9.84 Å². The molecule has 1 aliphatic carbocycles. The van der Waals surface area contributed by atoms with Crippen molar-refractivity contribution >= 4 is 0 Å². The molecule has 0 amide bonds. The lowest BCUT2D eigenvalue weighted by Gasteiger charge is -2.36. The van der Waals surface area contributed by atoms with Gasteiger partial charge in [-0.2, -0.15) is 0 Å². The zero-order valence-electron chi connectivity index (χ0n) is 12.5. The van der Waals surface area contributed by atoms with Crippen LogP contribution in [0.2, 0.25) is 0 Å². The summed E-state index contributed by atoms with van der Waals surface area (Å²) in [5.41, 5.74) is 2.65. The summed E-state index contributed by atoms with van der Waals surface area (Å²) in [6, 6.07) is 18.6. The van der Waals surface area contributed by atoms with E-state index in [1.807, 2.05) is 18.2 Å². The Hall–Kier alpha value is -1.64. The third-order valence-electron chi connectivity index (χ3n) is 4.54. The molecule has 1 saturated carbocycles. The smallest absolute Gasteiger partial charge is 0.0921 e. The Morgan fingerprint density at radius 2 is 1.67 bits per heavy atom. The Morgan fingerprint density at radius 3 is 2.33 bits per heavy atom. The van der Waals surface area contributed by atoms with Gasteiger partial charge in [0, 0.05) is 13.5 Å². The molecule has 1 aliphatic rings. The van der Waals surface area contributed by atoms with Crippen LogP contribution in [0.3, 0.4) is 0 Å². The fraction of sp³-hybridized carbons (Fsp3) is 0.368. The van der Waals surface area contributed by atoms with Gasteiger partial charge in [0.1, 0.15) is 0 Å². The summed E-state index contributed by atoms with van der Waals surface area (Å²) >= 11 is 0. The van der Waals surface area contributed by atoms with E-state index >= 15 is 0 Å². The zero-order valence-corrected chi connectivity index (χ0v) is 12.5. The van der Waals surface area contributed by atoms with Crippen LogP contribution in [0.4, 0.5) is 0 Å². The highest BCUT2D eigenvalue weighted by Gasteiger charge is 2.35. The van der Waals surface area contributed by atoms with Crippen molar-refractivity contribution in [1.82, 2.24) is 0 Å². The fourth-order valence-electron chi connectivity index (χ4n) is 3.27. The van der Waals surface area contributed by atoms with Crippen molar-refractivity contribution in [2.45, 2.75) is 37.4 Å². The van der Waals surface area contributed by atoms with Crippen molar-refractivity contribution in [2.75, 3.05) is 7.11 Å². The second-order valence-electron chi connectivity index (χ2n) is 5.93. The van der Waals surface area contributed by atoms with E-state index in [1.54, 1.807) is 7.11 Å². The molecule has 0 radical (unpaired) electrons. The molecule has 2 aromatic carbocycles. The average molecular weight is 282 g/mol. The minimum absolute atomic E-state index is 0.164. The van der Waals surface area contributed by atoms with Gasteiger partial charge in [0.2, 0.25) is 0 Å². The molecule has 0 bridgehead atoms. The van der Waals surface area contributed by atoms with E-state index in [-0.39, 0.29) is 6.10 Å². The lowest BCUT2D eigenvalue weighted by molar-refractivity contribution is -0.0631. The van der Waals surface area contributed by atoms with Crippen molar-refractivity contribution < 1.29 is 9.84 Å². The SMILES string of the molecule is COC1CCCC(O)(c2ccc(-c3ccccc3)cc2)C1. The number of hydrogen-bond donors (Lipinski definition) is 1. The molecule has 2 heteroatoms. The van der Waals surface area contributed by atoms with Crippen LogP contribution in [0.1, 0.15) is 31.2 Å². The summed E-state index contributed by atoms with van der Waals surface area (Å²) in [4.78, 5) is 0. The van der Waals surface area contributed by atoms with Crippen LogP contribution in [-0.4, -0.2) is 18.3 Å². The van der Waals surface area contributed by atoms with E-state index in [2.05, 4.69) is 36.4 Å². The Kier molecular flexibility index (Phi) is 4.09. The second kappa shape index (κ2) is 6.00. The number of ether oxygens (including phenoxy) is 1. The molecule has 2 atom stereocenters. The third-order valence-corrected chi connectivity index (χ3v) is 4.54. The van der Waals surface area contributed by atoms with E-state index in [0.29, 0.717) is 6.42 Å². The molecule has 0 spiro atoms. The number of benzene rings is 2. The van der Waals surface area contributed by atoms with Crippen LogP contribution in [0.5, 0.6) is 0 Å². The second-order valence-corrected chi connectivity index (χ2v) is 5.93. The molecule has 2 nitrogen and oxygen atoms in total. The maximum absolute atomic E-state index is 10.9. The molecule has 0 aromatic heterocycles. The molecule has 1 fully saturated rings. The number of methoxy groups -OCH3 is 1. The summed E-state index contributed by atoms with van der Waals surface area (Å²) in [5, 5.41) is 10.9. The van der Waals surface area contributed by atoms with Gasteiger partial charge in [0.25, 0.3) is 0 Å². The van der Waals surface area contributed by atoms with Crippen molar-refractivity contribution in [1.29, 1.82) is 0 Å². The quantitative estimate of drug-likeness (QED) is 0.917. The summed E-state index contributed by atoms with van der Waals surface area (Å²) in [7, 11) is 1.73. The Bertz CT molecular complexity index is 576. The molecular weight excluding hydrogens is 260 g/mol. The maximum Gasteiger partial charge on any atom is 0.0921 e. The summed E-state index contributed by atoms with van der Waals surface area (Å²) in [6.07, 6.45) is 3.72. The summed E-state index contributed by atoms with van der Waals surface area (Å²) in [6.45, 7) is 0. The van der Waals surface area contributed by atoms with E-state index in [0.717, 1.165) is 24.8 Å². The van der Waals surface area contributed by atoms with Crippen molar-refractivity contribution in [3.05, 3.63) is 60.2 Å². The first-order valence-corrected chi connectivity index (χ1v) is 7.62. The summed E-state index contributed by atoms with van der Waals surface area (Å²) in [5.74, 6) is 0. The molecule has 1 N–H and O–H groups in total. The van der Waals surface area contributed by atoms with Crippen LogP contribution in [-0.2, 0) is 10.3 Å². The van der Waals surface area contributed by atoms with Crippen molar-refractivity contribution in [3.8, 4) is 11.1 Å². The van der Waals surface area contributed by atoms with Crippen molar-refractivity contribution in [2.24, 2.45) is 0 Å². The standard InChI is InChI=1S/C19H22O2/c1-21-18-8-5-13-19(20,14-18)17-11-9-16(10-12-17)15-6-3-2-4-7-15/h2-4,6-7,9-12,18,20H,5,8,13-14H2,1H3. The fourth-order valence-corrected chi connectivity index (χ4v) is 3.27. The zero-order chi connectivity index (χ0) is 14.7. The van der Waals surface area contributed by atoms with Gasteiger partial charge in [-0.3, -0.25) is 0 Å². The first-order valence-electron chi connectivity index (χ1n) is 7.62. The van der Waals surface area contributed by atoms with Gasteiger partial charge in [-0.25, -0.2) is 0 Å².